The molecule has 1 aliphatic heterocycles. The smallest absolute Gasteiger partial charge is 0.229 e. The fourth-order valence-electron chi connectivity index (χ4n) is 3.67. The molecule has 0 aliphatic carbocycles. The van der Waals surface area contributed by atoms with Crippen LogP contribution in [0.15, 0.2) is 65.7 Å². The zero-order valence-electron chi connectivity index (χ0n) is 16.7. The average Bonchev–Trinajstić information content (AvgIpc) is 3.34. The van der Waals surface area contributed by atoms with Crippen molar-refractivity contribution in [2.45, 2.75) is 25.7 Å². The summed E-state index contributed by atoms with van der Waals surface area (Å²) in [5.74, 6) is 0.591. The van der Waals surface area contributed by atoms with Gasteiger partial charge < -0.3 is 14.6 Å². The third kappa shape index (κ3) is 4.92. The van der Waals surface area contributed by atoms with E-state index in [1.165, 1.54) is 0 Å². The van der Waals surface area contributed by atoms with Crippen molar-refractivity contribution in [3.05, 3.63) is 66.9 Å². The van der Waals surface area contributed by atoms with Crippen LogP contribution in [-0.2, 0) is 16.0 Å². The molecule has 1 N–H and O–H groups in total. The summed E-state index contributed by atoms with van der Waals surface area (Å²) in [4.78, 5) is 35.4. The minimum absolute atomic E-state index is 0.0489. The SMILES string of the molecule is O=C(Nc1ccc(-c2ccco2)cc1)[C@H]1CCCN(C(=O)CCc2cnccn2)C1. The molecule has 0 bridgehead atoms. The highest BCUT2D eigenvalue weighted by Gasteiger charge is 2.28. The molecule has 1 atom stereocenters. The van der Waals surface area contributed by atoms with E-state index < -0.39 is 0 Å². The van der Waals surface area contributed by atoms with Crippen LogP contribution in [-0.4, -0.2) is 39.8 Å². The minimum atomic E-state index is -0.205. The summed E-state index contributed by atoms with van der Waals surface area (Å²) in [5, 5.41) is 2.98. The Morgan fingerprint density at radius 1 is 1.17 bits per heavy atom. The molecule has 1 saturated heterocycles. The van der Waals surface area contributed by atoms with E-state index in [4.69, 9.17) is 4.42 Å². The van der Waals surface area contributed by atoms with Crippen molar-refractivity contribution < 1.29 is 14.0 Å². The van der Waals surface area contributed by atoms with Gasteiger partial charge in [-0.25, -0.2) is 0 Å². The lowest BCUT2D eigenvalue weighted by molar-refractivity contribution is -0.134. The van der Waals surface area contributed by atoms with Gasteiger partial charge in [0.25, 0.3) is 0 Å². The average molecular weight is 404 g/mol. The van der Waals surface area contributed by atoms with E-state index in [2.05, 4.69) is 15.3 Å². The summed E-state index contributed by atoms with van der Waals surface area (Å²) in [7, 11) is 0. The van der Waals surface area contributed by atoms with Gasteiger partial charge in [-0.15, -0.1) is 0 Å². The first-order chi connectivity index (χ1) is 14.7. The molecule has 3 aromatic rings. The number of benzene rings is 1. The highest BCUT2D eigenvalue weighted by molar-refractivity contribution is 5.93. The van der Waals surface area contributed by atoms with E-state index in [1.807, 2.05) is 36.4 Å². The van der Waals surface area contributed by atoms with Crippen molar-refractivity contribution in [1.82, 2.24) is 14.9 Å². The molecule has 3 heterocycles. The lowest BCUT2D eigenvalue weighted by Gasteiger charge is -2.32. The fourth-order valence-corrected chi connectivity index (χ4v) is 3.67. The van der Waals surface area contributed by atoms with Crippen molar-refractivity contribution >= 4 is 17.5 Å². The molecular weight excluding hydrogens is 380 g/mol. The van der Waals surface area contributed by atoms with Gasteiger partial charge in [-0.1, -0.05) is 0 Å². The number of carbonyl (C=O) groups excluding carboxylic acids is 2. The van der Waals surface area contributed by atoms with Gasteiger partial charge >= 0.3 is 0 Å². The van der Waals surface area contributed by atoms with Crippen LogP contribution in [0.4, 0.5) is 5.69 Å². The van der Waals surface area contributed by atoms with Crippen molar-refractivity contribution in [3.8, 4) is 11.3 Å². The molecule has 0 saturated carbocycles. The molecule has 1 aromatic carbocycles. The van der Waals surface area contributed by atoms with Gasteiger partial charge in [0, 0.05) is 49.4 Å². The Bertz CT molecular complexity index is 971. The van der Waals surface area contributed by atoms with Gasteiger partial charge in [0.05, 0.1) is 17.9 Å². The zero-order chi connectivity index (χ0) is 20.8. The van der Waals surface area contributed by atoms with Crippen molar-refractivity contribution in [2.75, 3.05) is 18.4 Å². The molecular formula is C23H24N4O3. The number of anilines is 1. The lowest BCUT2D eigenvalue weighted by atomic mass is 9.96. The number of nitrogens with one attached hydrogen (secondary N) is 1. The Morgan fingerprint density at radius 2 is 2.03 bits per heavy atom. The predicted molar refractivity (Wildman–Crippen MR) is 112 cm³/mol. The molecule has 7 nitrogen and oxygen atoms in total. The summed E-state index contributed by atoms with van der Waals surface area (Å²) in [6.07, 6.45) is 9.09. The van der Waals surface area contributed by atoms with Gasteiger partial charge in [0.1, 0.15) is 5.76 Å². The molecule has 2 aromatic heterocycles. The Kier molecular flexibility index (Phi) is 6.17. The number of nitrogens with zero attached hydrogens (tertiary/aromatic N) is 3. The molecule has 0 radical (unpaired) electrons. The molecule has 30 heavy (non-hydrogen) atoms. The maximum atomic E-state index is 12.7. The Labute approximate surface area is 175 Å². The van der Waals surface area contributed by atoms with E-state index in [1.54, 1.807) is 29.8 Å². The molecule has 154 valence electrons. The summed E-state index contributed by atoms with van der Waals surface area (Å²) in [6, 6.07) is 11.3. The van der Waals surface area contributed by atoms with E-state index in [0.717, 1.165) is 35.5 Å². The van der Waals surface area contributed by atoms with E-state index in [9.17, 15) is 9.59 Å². The predicted octanol–water partition coefficient (Wildman–Crippen LogP) is 3.55. The second-order valence-corrected chi connectivity index (χ2v) is 7.42. The summed E-state index contributed by atoms with van der Waals surface area (Å²) in [6.45, 7) is 1.15. The minimum Gasteiger partial charge on any atom is -0.464 e. The number of piperidine rings is 1. The van der Waals surface area contributed by atoms with Crippen LogP contribution in [0, 0.1) is 5.92 Å². The van der Waals surface area contributed by atoms with Gasteiger partial charge in [-0.05, 0) is 55.7 Å². The number of rotatable bonds is 6. The molecule has 0 spiro atoms. The van der Waals surface area contributed by atoms with Gasteiger partial charge in [-0.2, -0.15) is 0 Å². The topological polar surface area (TPSA) is 88.3 Å². The van der Waals surface area contributed by atoms with Crippen LogP contribution >= 0.6 is 0 Å². The van der Waals surface area contributed by atoms with Crippen LogP contribution in [0.5, 0.6) is 0 Å². The number of carbonyl (C=O) groups is 2. The second-order valence-electron chi connectivity index (χ2n) is 7.42. The Hall–Kier alpha value is -3.48. The van der Waals surface area contributed by atoms with Crippen molar-refractivity contribution in [2.24, 2.45) is 5.92 Å². The largest absolute Gasteiger partial charge is 0.464 e. The molecule has 0 unspecified atom stereocenters. The number of likely N-dealkylation sites (tertiary alicyclic amines) is 1. The van der Waals surface area contributed by atoms with Crippen LogP contribution in [0.3, 0.4) is 0 Å². The molecule has 1 aliphatic rings. The number of amides is 2. The lowest BCUT2D eigenvalue weighted by Crippen LogP contribution is -2.43. The standard InChI is InChI=1S/C23H24N4O3/c28-22(10-9-20-15-24-11-12-25-20)27-13-1-3-18(16-27)23(29)26-19-7-5-17(6-8-19)21-4-2-14-30-21/h2,4-8,11-12,14-15,18H,1,3,9-10,13,16H2,(H,26,29)/t18-/m0/s1. The highest BCUT2D eigenvalue weighted by atomic mass is 16.3. The summed E-state index contributed by atoms with van der Waals surface area (Å²) >= 11 is 0. The van der Waals surface area contributed by atoms with Crippen molar-refractivity contribution in [1.29, 1.82) is 0 Å². The third-order valence-electron chi connectivity index (χ3n) is 5.31. The summed E-state index contributed by atoms with van der Waals surface area (Å²) in [5.41, 5.74) is 2.49. The quantitative estimate of drug-likeness (QED) is 0.679. The van der Waals surface area contributed by atoms with Crippen LogP contribution in [0.2, 0.25) is 0 Å². The molecule has 2 amide bonds. The third-order valence-corrected chi connectivity index (χ3v) is 5.31. The molecule has 1 fully saturated rings. The Morgan fingerprint density at radius 3 is 2.77 bits per heavy atom. The van der Waals surface area contributed by atoms with E-state index >= 15 is 0 Å². The first kappa shape index (κ1) is 19.8. The highest BCUT2D eigenvalue weighted by Crippen LogP contribution is 2.23. The van der Waals surface area contributed by atoms with Gasteiger partial charge in [0.15, 0.2) is 0 Å². The molecule has 4 rings (SSSR count). The van der Waals surface area contributed by atoms with E-state index in [-0.39, 0.29) is 17.7 Å². The first-order valence-electron chi connectivity index (χ1n) is 10.2. The number of furan rings is 1. The monoisotopic (exact) mass is 404 g/mol. The number of aryl methyl sites for hydroxylation is 1. The molecule has 7 heteroatoms. The van der Waals surface area contributed by atoms with Gasteiger partial charge in [-0.3, -0.25) is 19.6 Å². The van der Waals surface area contributed by atoms with Gasteiger partial charge in [0.2, 0.25) is 11.8 Å². The number of hydrogen-bond acceptors (Lipinski definition) is 5. The van der Waals surface area contributed by atoms with Crippen LogP contribution in [0.1, 0.15) is 25.0 Å². The maximum absolute atomic E-state index is 12.7. The van der Waals surface area contributed by atoms with E-state index in [0.29, 0.717) is 25.9 Å². The Balaban J connectivity index is 1.30. The maximum Gasteiger partial charge on any atom is 0.229 e. The summed E-state index contributed by atoms with van der Waals surface area (Å²) < 4.78 is 5.39. The normalized spacial score (nSPS) is 16.3. The first-order valence-corrected chi connectivity index (χ1v) is 10.2. The van der Waals surface area contributed by atoms with Crippen LogP contribution < -0.4 is 5.32 Å². The second kappa shape index (κ2) is 9.35. The van der Waals surface area contributed by atoms with Crippen molar-refractivity contribution in [3.63, 3.8) is 0 Å². The number of aromatic nitrogens is 2. The fraction of sp³-hybridized carbons (Fsp3) is 0.304. The van der Waals surface area contributed by atoms with Crippen LogP contribution in [0.25, 0.3) is 11.3 Å². The number of hydrogen-bond donors (Lipinski definition) is 1. The zero-order valence-corrected chi connectivity index (χ0v) is 16.7.